The maximum atomic E-state index is 11.8. The number of amides is 1. The molecular formula is C13H17NO3. The van der Waals surface area contributed by atoms with Crippen LogP contribution in [0.25, 0.3) is 0 Å². The van der Waals surface area contributed by atoms with Crippen LogP contribution in [-0.2, 0) is 9.53 Å². The molecule has 1 aliphatic rings. The van der Waals surface area contributed by atoms with Crippen molar-refractivity contribution >= 4 is 11.6 Å². The molecule has 4 heteroatoms. The van der Waals surface area contributed by atoms with Crippen molar-refractivity contribution in [3.05, 3.63) is 29.8 Å². The number of carbonyl (C=O) groups is 1. The third-order valence-corrected chi connectivity index (χ3v) is 2.99. The van der Waals surface area contributed by atoms with Crippen molar-refractivity contribution in [1.82, 2.24) is 0 Å². The van der Waals surface area contributed by atoms with Crippen LogP contribution < -0.4 is 4.90 Å². The predicted molar refractivity (Wildman–Crippen MR) is 65.0 cm³/mol. The van der Waals surface area contributed by atoms with E-state index in [0.29, 0.717) is 13.0 Å². The van der Waals surface area contributed by atoms with Crippen LogP contribution in [0.2, 0.25) is 0 Å². The molecule has 1 amide bonds. The van der Waals surface area contributed by atoms with Gasteiger partial charge in [-0.05, 0) is 25.0 Å². The summed E-state index contributed by atoms with van der Waals surface area (Å²) < 4.78 is 5.37. The second-order valence-electron chi connectivity index (χ2n) is 4.24. The van der Waals surface area contributed by atoms with Gasteiger partial charge in [0.25, 0.3) is 5.91 Å². The number of anilines is 1. The predicted octanol–water partition coefficient (Wildman–Crippen LogP) is 1.11. The van der Waals surface area contributed by atoms with Crippen LogP contribution in [0.4, 0.5) is 5.69 Å². The number of aliphatic hydroxyl groups excluding tert-OH is 1. The van der Waals surface area contributed by atoms with Crippen LogP contribution in [0.15, 0.2) is 24.3 Å². The van der Waals surface area contributed by atoms with Gasteiger partial charge in [-0.15, -0.1) is 0 Å². The van der Waals surface area contributed by atoms with Gasteiger partial charge >= 0.3 is 0 Å². The van der Waals surface area contributed by atoms with E-state index in [0.717, 1.165) is 11.3 Å². The molecule has 1 saturated heterocycles. The van der Waals surface area contributed by atoms with E-state index in [9.17, 15) is 4.79 Å². The number of morpholine rings is 1. The summed E-state index contributed by atoms with van der Waals surface area (Å²) >= 11 is 0. The van der Waals surface area contributed by atoms with Crippen LogP contribution in [0, 0.1) is 6.92 Å². The number of hydrogen-bond donors (Lipinski definition) is 1. The van der Waals surface area contributed by atoms with E-state index in [1.165, 1.54) is 0 Å². The molecule has 0 aliphatic carbocycles. The molecule has 1 heterocycles. The number of benzene rings is 1. The Bertz CT molecular complexity index is 405. The first kappa shape index (κ1) is 12.1. The quantitative estimate of drug-likeness (QED) is 0.853. The first-order valence-corrected chi connectivity index (χ1v) is 5.81. The fourth-order valence-electron chi connectivity index (χ4n) is 2.04. The number of rotatable bonds is 3. The Hall–Kier alpha value is -1.39. The summed E-state index contributed by atoms with van der Waals surface area (Å²) in [5, 5.41) is 8.91. The fraction of sp³-hybridized carbons (Fsp3) is 0.462. The molecule has 2 rings (SSSR count). The molecule has 1 fully saturated rings. The molecule has 0 spiro atoms. The highest BCUT2D eigenvalue weighted by molar-refractivity contribution is 5.95. The van der Waals surface area contributed by atoms with Crippen LogP contribution in [0.5, 0.6) is 0 Å². The van der Waals surface area contributed by atoms with Crippen LogP contribution in [0.3, 0.4) is 0 Å². The van der Waals surface area contributed by atoms with Gasteiger partial charge in [0, 0.05) is 12.3 Å². The van der Waals surface area contributed by atoms with E-state index in [1.807, 2.05) is 31.2 Å². The SMILES string of the molecule is Cc1ccccc1N1CC(CCO)OCC1=O. The fourth-order valence-corrected chi connectivity index (χ4v) is 2.04. The van der Waals surface area contributed by atoms with Crippen LogP contribution >= 0.6 is 0 Å². The van der Waals surface area contributed by atoms with Gasteiger partial charge in [-0.1, -0.05) is 18.2 Å². The van der Waals surface area contributed by atoms with E-state index < -0.39 is 0 Å². The number of aryl methyl sites for hydroxylation is 1. The lowest BCUT2D eigenvalue weighted by Gasteiger charge is -2.33. The summed E-state index contributed by atoms with van der Waals surface area (Å²) in [5.41, 5.74) is 2.01. The van der Waals surface area contributed by atoms with Gasteiger partial charge in [0.05, 0.1) is 12.6 Å². The van der Waals surface area contributed by atoms with Crippen molar-refractivity contribution in [1.29, 1.82) is 0 Å². The van der Waals surface area contributed by atoms with E-state index in [2.05, 4.69) is 0 Å². The monoisotopic (exact) mass is 235 g/mol. The Morgan fingerprint density at radius 1 is 1.47 bits per heavy atom. The van der Waals surface area contributed by atoms with Gasteiger partial charge in [-0.2, -0.15) is 0 Å². The number of para-hydroxylation sites is 1. The lowest BCUT2D eigenvalue weighted by Crippen LogP contribution is -2.47. The number of nitrogens with zero attached hydrogens (tertiary/aromatic N) is 1. The number of carbonyl (C=O) groups excluding carboxylic acids is 1. The molecule has 17 heavy (non-hydrogen) atoms. The van der Waals surface area contributed by atoms with Gasteiger partial charge in [-0.25, -0.2) is 0 Å². The standard InChI is InChI=1S/C13H17NO3/c1-10-4-2-3-5-12(10)14-8-11(6-7-15)17-9-13(14)16/h2-5,11,15H,6-9H2,1H3. The first-order chi connectivity index (χ1) is 8.22. The molecule has 1 aliphatic heterocycles. The summed E-state index contributed by atoms with van der Waals surface area (Å²) in [6.45, 7) is 2.68. The molecule has 0 bridgehead atoms. The second kappa shape index (κ2) is 5.29. The lowest BCUT2D eigenvalue weighted by atomic mass is 10.1. The van der Waals surface area contributed by atoms with Crippen LogP contribution in [-0.4, -0.2) is 36.9 Å². The smallest absolute Gasteiger partial charge is 0.253 e. The number of ether oxygens (including phenoxy) is 1. The van der Waals surface area contributed by atoms with Gasteiger partial charge in [0.1, 0.15) is 6.61 Å². The first-order valence-electron chi connectivity index (χ1n) is 5.81. The highest BCUT2D eigenvalue weighted by atomic mass is 16.5. The van der Waals surface area contributed by atoms with E-state index in [-0.39, 0.29) is 25.2 Å². The minimum Gasteiger partial charge on any atom is -0.396 e. The number of aliphatic hydroxyl groups is 1. The molecule has 1 aromatic carbocycles. The van der Waals surface area contributed by atoms with Crippen molar-refractivity contribution in [2.24, 2.45) is 0 Å². The van der Waals surface area contributed by atoms with E-state index in [4.69, 9.17) is 9.84 Å². The molecule has 1 aromatic rings. The maximum Gasteiger partial charge on any atom is 0.253 e. The van der Waals surface area contributed by atoms with Gasteiger partial charge in [0.2, 0.25) is 0 Å². The third-order valence-electron chi connectivity index (χ3n) is 2.99. The van der Waals surface area contributed by atoms with Crippen molar-refractivity contribution in [2.45, 2.75) is 19.4 Å². The molecule has 0 radical (unpaired) electrons. The second-order valence-corrected chi connectivity index (χ2v) is 4.24. The molecule has 1 N–H and O–H groups in total. The summed E-state index contributed by atoms with van der Waals surface area (Å²) in [6, 6.07) is 7.80. The Labute approximate surface area is 101 Å². The minimum atomic E-state index is -0.0719. The molecule has 0 saturated carbocycles. The van der Waals surface area contributed by atoms with E-state index >= 15 is 0 Å². The summed E-state index contributed by atoms with van der Waals surface area (Å²) in [7, 11) is 0. The molecule has 1 atom stereocenters. The largest absolute Gasteiger partial charge is 0.396 e. The minimum absolute atomic E-state index is 0.0199. The summed E-state index contributed by atoms with van der Waals surface area (Å²) in [5.74, 6) is -0.0199. The average molecular weight is 235 g/mol. The Morgan fingerprint density at radius 2 is 2.24 bits per heavy atom. The molecule has 4 nitrogen and oxygen atoms in total. The van der Waals surface area contributed by atoms with E-state index in [1.54, 1.807) is 4.90 Å². The van der Waals surface area contributed by atoms with Crippen molar-refractivity contribution < 1.29 is 14.6 Å². The van der Waals surface area contributed by atoms with Crippen molar-refractivity contribution in [2.75, 3.05) is 24.7 Å². The normalized spacial score (nSPS) is 20.7. The zero-order valence-corrected chi connectivity index (χ0v) is 9.93. The zero-order valence-electron chi connectivity index (χ0n) is 9.93. The summed E-state index contributed by atoms with van der Waals surface area (Å²) in [6.07, 6.45) is 0.493. The number of hydrogen-bond acceptors (Lipinski definition) is 3. The average Bonchev–Trinajstić information content (AvgIpc) is 2.33. The van der Waals surface area contributed by atoms with Crippen molar-refractivity contribution in [3.8, 4) is 0 Å². The van der Waals surface area contributed by atoms with Crippen molar-refractivity contribution in [3.63, 3.8) is 0 Å². The molecule has 1 unspecified atom stereocenters. The maximum absolute atomic E-state index is 11.8. The third kappa shape index (κ3) is 2.65. The lowest BCUT2D eigenvalue weighted by molar-refractivity contribution is -0.129. The van der Waals surface area contributed by atoms with Gasteiger partial charge in [0.15, 0.2) is 0 Å². The topological polar surface area (TPSA) is 49.8 Å². The van der Waals surface area contributed by atoms with Gasteiger partial charge in [-0.3, -0.25) is 4.79 Å². The van der Waals surface area contributed by atoms with Gasteiger partial charge < -0.3 is 14.7 Å². The highest BCUT2D eigenvalue weighted by Gasteiger charge is 2.27. The zero-order chi connectivity index (χ0) is 12.3. The molecule has 0 aromatic heterocycles. The summed E-state index contributed by atoms with van der Waals surface area (Å²) in [4.78, 5) is 13.6. The Morgan fingerprint density at radius 3 is 2.94 bits per heavy atom. The van der Waals surface area contributed by atoms with Crippen LogP contribution in [0.1, 0.15) is 12.0 Å². The molecular weight excluding hydrogens is 218 g/mol. The molecule has 92 valence electrons. The highest BCUT2D eigenvalue weighted by Crippen LogP contribution is 2.23. The Balaban J connectivity index is 2.18. The Kier molecular flexibility index (Phi) is 3.76.